The molecule has 0 fully saturated rings. The molecule has 1 aromatic rings. The molecule has 2 amide bonds. The largest absolute Gasteiger partial charge is 0.352 e. The number of anilines is 1. The van der Waals surface area contributed by atoms with Crippen molar-refractivity contribution in [3.8, 4) is 0 Å². The number of benzene rings is 1. The Morgan fingerprint density at radius 3 is 2.81 bits per heavy atom. The molecule has 0 radical (unpaired) electrons. The van der Waals surface area contributed by atoms with Crippen LogP contribution in [-0.2, 0) is 4.79 Å². The van der Waals surface area contributed by atoms with Crippen LogP contribution in [0.2, 0.25) is 0 Å². The van der Waals surface area contributed by atoms with E-state index >= 15 is 0 Å². The van der Waals surface area contributed by atoms with Gasteiger partial charge in [-0.05, 0) is 43.0 Å². The van der Waals surface area contributed by atoms with Gasteiger partial charge in [-0.25, -0.2) is 0 Å². The fraction of sp³-hybridized carbons (Fsp3) is 0.467. The smallest absolute Gasteiger partial charge is 0.251 e. The summed E-state index contributed by atoms with van der Waals surface area (Å²) in [6.45, 7) is 2.63. The number of thioether (sulfide) groups is 1. The van der Waals surface area contributed by atoms with Crippen LogP contribution < -0.4 is 16.4 Å². The minimum atomic E-state index is -0.532. The van der Waals surface area contributed by atoms with E-state index in [1.165, 1.54) is 0 Å². The van der Waals surface area contributed by atoms with Crippen molar-refractivity contribution in [3.63, 3.8) is 0 Å². The molecule has 5 nitrogen and oxygen atoms in total. The molecule has 0 saturated heterocycles. The third-order valence-corrected chi connectivity index (χ3v) is 3.54. The van der Waals surface area contributed by atoms with Gasteiger partial charge in [0.05, 0.1) is 6.04 Å². The van der Waals surface area contributed by atoms with Crippen molar-refractivity contribution in [2.75, 3.05) is 23.9 Å². The van der Waals surface area contributed by atoms with Crippen molar-refractivity contribution in [1.29, 1.82) is 0 Å². The van der Waals surface area contributed by atoms with Crippen molar-refractivity contribution in [1.82, 2.24) is 5.32 Å². The second-order valence-corrected chi connectivity index (χ2v) is 5.70. The average Bonchev–Trinajstić information content (AvgIpc) is 2.50. The van der Waals surface area contributed by atoms with Gasteiger partial charge in [0.1, 0.15) is 0 Å². The van der Waals surface area contributed by atoms with Gasteiger partial charge in [0.25, 0.3) is 5.91 Å². The molecule has 21 heavy (non-hydrogen) atoms. The van der Waals surface area contributed by atoms with Gasteiger partial charge in [0.15, 0.2) is 0 Å². The molecule has 0 aliphatic rings. The molecule has 1 rings (SSSR count). The molecule has 4 N–H and O–H groups in total. The number of hydrogen-bond acceptors (Lipinski definition) is 4. The second-order valence-electron chi connectivity index (χ2n) is 4.71. The first-order valence-electron chi connectivity index (χ1n) is 7.02. The summed E-state index contributed by atoms with van der Waals surface area (Å²) >= 11 is 1.65. The van der Waals surface area contributed by atoms with Crippen LogP contribution in [0, 0.1) is 0 Å². The standard InChI is InChI=1S/C15H23N3O2S/c1-3-8-17-14(19)11-5-4-6-12(10-11)18-15(20)13(16)7-9-21-2/h4-6,10,13H,3,7-9,16H2,1-2H3,(H,17,19)(H,18,20)/t13-/m0/s1. The van der Waals surface area contributed by atoms with Crippen molar-refractivity contribution in [2.45, 2.75) is 25.8 Å². The Hall–Kier alpha value is -1.53. The summed E-state index contributed by atoms with van der Waals surface area (Å²) in [5, 5.41) is 5.55. The molecule has 0 saturated carbocycles. The van der Waals surface area contributed by atoms with Crippen LogP contribution in [0.1, 0.15) is 30.1 Å². The van der Waals surface area contributed by atoms with E-state index in [0.717, 1.165) is 12.2 Å². The van der Waals surface area contributed by atoms with Gasteiger partial charge < -0.3 is 16.4 Å². The van der Waals surface area contributed by atoms with E-state index in [2.05, 4.69) is 10.6 Å². The summed E-state index contributed by atoms with van der Waals surface area (Å²) in [6.07, 6.45) is 3.49. The Morgan fingerprint density at radius 2 is 2.14 bits per heavy atom. The van der Waals surface area contributed by atoms with Gasteiger partial charge in [-0.2, -0.15) is 11.8 Å². The molecule has 0 heterocycles. The lowest BCUT2D eigenvalue weighted by Gasteiger charge is -2.12. The number of rotatable bonds is 8. The maximum Gasteiger partial charge on any atom is 0.251 e. The molecule has 1 aromatic carbocycles. The highest BCUT2D eigenvalue weighted by Crippen LogP contribution is 2.11. The van der Waals surface area contributed by atoms with E-state index in [-0.39, 0.29) is 11.8 Å². The zero-order valence-corrected chi connectivity index (χ0v) is 13.3. The van der Waals surface area contributed by atoms with Crippen LogP contribution in [0.15, 0.2) is 24.3 Å². The third-order valence-electron chi connectivity index (χ3n) is 2.90. The summed E-state index contributed by atoms with van der Waals surface area (Å²) in [6, 6.07) is 6.33. The first-order valence-corrected chi connectivity index (χ1v) is 8.41. The third kappa shape index (κ3) is 6.18. The minimum Gasteiger partial charge on any atom is -0.352 e. The lowest BCUT2D eigenvalue weighted by molar-refractivity contribution is -0.117. The fourth-order valence-corrected chi connectivity index (χ4v) is 2.18. The summed E-state index contributed by atoms with van der Waals surface area (Å²) in [5.74, 6) is 0.475. The first kappa shape index (κ1) is 17.5. The van der Waals surface area contributed by atoms with Crippen LogP contribution >= 0.6 is 11.8 Å². The highest BCUT2D eigenvalue weighted by atomic mass is 32.2. The average molecular weight is 309 g/mol. The van der Waals surface area contributed by atoms with Crippen LogP contribution in [0.3, 0.4) is 0 Å². The van der Waals surface area contributed by atoms with Crippen LogP contribution in [0.5, 0.6) is 0 Å². The zero-order valence-electron chi connectivity index (χ0n) is 12.5. The fourth-order valence-electron chi connectivity index (χ4n) is 1.69. The normalized spacial score (nSPS) is 11.8. The molecule has 6 heteroatoms. The molecule has 1 atom stereocenters. The molecule has 0 aliphatic heterocycles. The van der Waals surface area contributed by atoms with Crippen LogP contribution in [-0.4, -0.2) is 36.4 Å². The zero-order chi connectivity index (χ0) is 15.7. The predicted octanol–water partition coefficient (Wildman–Crippen LogP) is 1.85. The van der Waals surface area contributed by atoms with E-state index in [0.29, 0.717) is 24.2 Å². The Labute approximate surface area is 130 Å². The van der Waals surface area contributed by atoms with Gasteiger partial charge >= 0.3 is 0 Å². The summed E-state index contributed by atoms with van der Waals surface area (Å²) in [4.78, 5) is 23.8. The number of nitrogens with one attached hydrogen (secondary N) is 2. The number of nitrogens with two attached hydrogens (primary N) is 1. The second kappa shape index (κ2) is 9.41. The Morgan fingerprint density at radius 1 is 1.38 bits per heavy atom. The lowest BCUT2D eigenvalue weighted by Crippen LogP contribution is -2.36. The monoisotopic (exact) mass is 309 g/mol. The number of hydrogen-bond donors (Lipinski definition) is 3. The molecular formula is C15H23N3O2S. The Bertz CT molecular complexity index is 480. The number of amides is 2. The van der Waals surface area contributed by atoms with Crippen molar-refractivity contribution in [3.05, 3.63) is 29.8 Å². The van der Waals surface area contributed by atoms with Gasteiger partial charge in [-0.15, -0.1) is 0 Å². The highest BCUT2D eigenvalue weighted by Gasteiger charge is 2.13. The van der Waals surface area contributed by atoms with Crippen molar-refractivity contribution < 1.29 is 9.59 Å². The van der Waals surface area contributed by atoms with Gasteiger partial charge in [-0.3, -0.25) is 9.59 Å². The van der Waals surface area contributed by atoms with E-state index < -0.39 is 6.04 Å². The summed E-state index contributed by atoms with van der Waals surface area (Å²) in [7, 11) is 0. The SMILES string of the molecule is CCCNC(=O)c1cccc(NC(=O)[C@@H](N)CCSC)c1. The van der Waals surface area contributed by atoms with Gasteiger partial charge in [0, 0.05) is 17.8 Å². The number of carbonyl (C=O) groups is 2. The van der Waals surface area contributed by atoms with Crippen LogP contribution in [0.25, 0.3) is 0 Å². The van der Waals surface area contributed by atoms with Crippen molar-refractivity contribution in [2.24, 2.45) is 5.73 Å². The first-order chi connectivity index (χ1) is 10.1. The number of carbonyl (C=O) groups excluding carboxylic acids is 2. The Balaban J connectivity index is 2.63. The molecule has 0 aliphatic carbocycles. The molecule has 0 spiro atoms. The van der Waals surface area contributed by atoms with Crippen LogP contribution in [0.4, 0.5) is 5.69 Å². The molecule has 116 valence electrons. The minimum absolute atomic E-state index is 0.139. The van der Waals surface area contributed by atoms with E-state index in [9.17, 15) is 9.59 Å². The molecule has 0 unspecified atom stereocenters. The molecule has 0 bridgehead atoms. The quantitative estimate of drug-likeness (QED) is 0.684. The van der Waals surface area contributed by atoms with E-state index in [1.807, 2.05) is 13.2 Å². The maximum absolute atomic E-state index is 11.9. The lowest BCUT2D eigenvalue weighted by atomic mass is 10.1. The topological polar surface area (TPSA) is 84.2 Å². The maximum atomic E-state index is 11.9. The molecule has 0 aromatic heterocycles. The summed E-state index contributed by atoms with van der Waals surface area (Å²) < 4.78 is 0. The van der Waals surface area contributed by atoms with E-state index in [4.69, 9.17) is 5.73 Å². The summed E-state index contributed by atoms with van der Waals surface area (Å²) in [5.41, 5.74) is 6.92. The highest BCUT2D eigenvalue weighted by molar-refractivity contribution is 7.98. The van der Waals surface area contributed by atoms with Gasteiger partial charge in [0.2, 0.25) is 5.91 Å². The van der Waals surface area contributed by atoms with Gasteiger partial charge in [-0.1, -0.05) is 13.0 Å². The molecular weight excluding hydrogens is 286 g/mol. The predicted molar refractivity (Wildman–Crippen MR) is 88.7 cm³/mol. The Kier molecular flexibility index (Phi) is 7.85. The van der Waals surface area contributed by atoms with Crippen molar-refractivity contribution >= 4 is 29.3 Å². The van der Waals surface area contributed by atoms with E-state index in [1.54, 1.807) is 36.0 Å².